The number of nitrogens with one attached hydrogen (secondary N) is 1. The molecule has 1 N–H and O–H groups in total. The summed E-state index contributed by atoms with van der Waals surface area (Å²) in [4.78, 5) is 17.0. The topological polar surface area (TPSA) is 71.2 Å². The van der Waals surface area contributed by atoms with Crippen molar-refractivity contribution >= 4 is 5.91 Å². The van der Waals surface area contributed by atoms with Crippen molar-refractivity contribution in [2.45, 2.75) is 19.6 Å². The van der Waals surface area contributed by atoms with Crippen LogP contribution < -0.4 is 5.32 Å². The summed E-state index contributed by atoms with van der Waals surface area (Å²) in [6.45, 7) is 4.41. The van der Waals surface area contributed by atoms with Crippen LogP contribution in [0.15, 0.2) is 24.7 Å². The Balaban J connectivity index is 1.69. The quantitative estimate of drug-likeness (QED) is 0.793. The summed E-state index contributed by atoms with van der Waals surface area (Å²) in [5.74, 6) is -0.0126. The second kappa shape index (κ2) is 7.79. The first-order valence-corrected chi connectivity index (χ1v) is 8.64. The zero-order valence-electron chi connectivity index (χ0n) is 15.2. The van der Waals surface area contributed by atoms with Crippen LogP contribution in [0.5, 0.6) is 0 Å². The number of hydrogen-bond donors (Lipinski definition) is 1. The molecule has 0 fully saturated rings. The van der Waals surface area contributed by atoms with Gasteiger partial charge in [-0.3, -0.25) is 19.1 Å². The first-order chi connectivity index (χ1) is 12.0. The lowest BCUT2D eigenvalue weighted by Gasteiger charge is -2.23. The Kier molecular flexibility index (Phi) is 5.50. The van der Waals surface area contributed by atoms with E-state index in [9.17, 15) is 4.79 Å². The molecule has 1 atom stereocenters. The van der Waals surface area contributed by atoms with Gasteiger partial charge in [-0.2, -0.15) is 10.2 Å². The highest BCUT2D eigenvalue weighted by Gasteiger charge is 2.27. The Morgan fingerprint density at radius 2 is 2.20 bits per heavy atom. The van der Waals surface area contributed by atoms with Crippen molar-refractivity contribution in [1.82, 2.24) is 34.7 Å². The first-order valence-electron chi connectivity index (χ1n) is 8.64. The van der Waals surface area contributed by atoms with Crippen LogP contribution in [0.1, 0.15) is 11.3 Å². The summed E-state index contributed by atoms with van der Waals surface area (Å²) in [6, 6.07) is 2.03. The van der Waals surface area contributed by atoms with E-state index in [-0.39, 0.29) is 11.8 Å². The van der Waals surface area contributed by atoms with Crippen molar-refractivity contribution in [2.75, 3.05) is 33.7 Å². The second-order valence-electron chi connectivity index (χ2n) is 6.99. The van der Waals surface area contributed by atoms with Crippen LogP contribution in [-0.4, -0.2) is 69.0 Å². The van der Waals surface area contributed by atoms with Crippen LogP contribution in [0.25, 0.3) is 0 Å². The fourth-order valence-corrected chi connectivity index (χ4v) is 3.18. The van der Waals surface area contributed by atoms with Crippen LogP contribution in [0, 0.1) is 5.92 Å². The summed E-state index contributed by atoms with van der Waals surface area (Å²) in [6.07, 6.45) is 5.71. The van der Waals surface area contributed by atoms with Gasteiger partial charge in [0.1, 0.15) is 0 Å². The molecule has 0 radical (unpaired) electrons. The number of nitrogens with zero attached hydrogens (tertiary/aromatic N) is 6. The molecule has 8 nitrogen and oxygen atoms in total. The Labute approximate surface area is 148 Å². The summed E-state index contributed by atoms with van der Waals surface area (Å²) in [5, 5.41) is 11.7. The average Bonchev–Trinajstić information content (AvgIpc) is 3.11. The van der Waals surface area contributed by atoms with E-state index in [1.807, 2.05) is 55.2 Å². The highest BCUT2D eigenvalue weighted by Crippen LogP contribution is 2.18. The van der Waals surface area contributed by atoms with E-state index in [1.54, 1.807) is 0 Å². The van der Waals surface area contributed by atoms with Crippen LogP contribution in [-0.2, 0) is 31.5 Å². The molecular weight excluding hydrogens is 318 g/mol. The van der Waals surface area contributed by atoms with E-state index in [0.717, 1.165) is 30.9 Å². The Bertz CT molecular complexity index is 705. The first kappa shape index (κ1) is 17.6. The van der Waals surface area contributed by atoms with Crippen molar-refractivity contribution in [2.24, 2.45) is 13.0 Å². The van der Waals surface area contributed by atoms with E-state index in [4.69, 9.17) is 0 Å². The highest BCUT2D eigenvalue weighted by atomic mass is 16.1. The van der Waals surface area contributed by atoms with Crippen molar-refractivity contribution in [3.8, 4) is 0 Å². The molecule has 0 saturated heterocycles. The molecule has 3 rings (SSSR count). The third-order valence-corrected chi connectivity index (χ3v) is 4.46. The smallest absolute Gasteiger partial charge is 0.226 e. The summed E-state index contributed by atoms with van der Waals surface area (Å²) >= 11 is 0. The standard InChI is InChI=1S/C17H27N7O/c1-21(2)7-6-18-17(25)15-11-23(10-14-8-20-22(3)9-14)13-16-4-5-19-24(16)12-15/h4-5,8-9,15H,6-7,10-13H2,1-3H3,(H,18,25). The monoisotopic (exact) mass is 345 g/mol. The van der Waals surface area contributed by atoms with Crippen LogP contribution in [0.2, 0.25) is 0 Å². The van der Waals surface area contributed by atoms with Gasteiger partial charge in [0, 0.05) is 57.7 Å². The molecule has 1 amide bonds. The fourth-order valence-electron chi connectivity index (χ4n) is 3.18. The number of aromatic nitrogens is 4. The van der Waals surface area contributed by atoms with E-state index >= 15 is 0 Å². The van der Waals surface area contributed by atoms with E-state index in [2.05, 4.69) is 25.3 Å². The Morgan fingerprint density at radius 1 is 1.36 bits per heavy atom. The lowest BCUT2D eigenvalue weighted by Crippen LogP contribution is -2.41. The number of carbonyl (C=O) groups is 1. The summed E-state index contributed by atoms with van der Waals surface area (Å²) in [5.41, 5.74) is 2.30. The predicted molar refractivity (Wildman–Crippen MR) is 94.6 cm³/mol. The maximum atomic E-state index is 12.7. The molecule has 25 heavy (non-hydrogen) atoms. The van der Waals surface area contributed by atoms with Gasteiger partial charge in [-0.25, -0.2) is 0 Å². The molecule has 8 heteroatoms. The van der Waals surface area contributed by atoms with Gasteiger partial charge in [-0.05, 0) is 20.2 Å². The largest absolute Gasteiger partial charge is 0.354 e. The van der Waals surface area contributed by atoms with Crippen LogP contribution in [0.4, 0.5) is 0 Å². The molecule has 2 aromatic heterocycles. The van der Waals surface area contributed by atoms with Gasteiger partial charge in [0.05, 0.1) is 24.4 Å². The third-order valence-electron chi connectivity index (χ3n) is 4.46. The van der Waals surface area contributed by atoms with Gasteiger partial charge < -0.3 is 10.2 Å². The number of rotatable bonds is 6. The van der Waals surface area contributed by atoms with Gasteiger partial charge in [0.15, 0.2) is 0 Å². The normalized spacial score (nSPS) is 18.2. The highest BCUT2D eigenvalue weighted by molar-refractivity contribution is 5.78. The minimum atomic E-state index is -0.111. The summed E-state index contributed by atoms with van der Waals surface area (Å²) < 4.78 is 3.77. The molecule has 3 heterocycles. The molecule has 0 bridgehead atoms. The molecule has 2 aromatic rings. The number of hydrogen-bond acceptors (Lipinski definition) is 5. The lowest BCUT2D eigenvalue weighted by molar-refractivity contribution is -0.126. The number of aryl methyl sites for hydroxylation is 1. The lowest BCUT2D eigenvalue weighted by atomic mass is 10.1. The molecule has 0 spiro atoms. The zero-order chi connectivity index (χ0) is 17.8. The summed E-state index contributed by atoms with van der Waals surface area (Å²) in [7, 11) is 5.93. The predicted octanol–water partition coefficient (Wildman–Crippen LogP) is -0.0736. The molecule has 0 aromatic carbocycles. The van der Waals surface area contributed by atoms with Crippen LogP contribution >= 0.6 is 0 Å². The maximum absolute atomic E-state index is 12.7. The van der Waals surface area contributed by atoms with Gasteiger partial charge >= 0.3 is 0 Å². The maximum Gasteiger partial charge on any atom is 0.226 e. The molecular formula is C17H27N7O. The van der Waals surface area contributed by atoms with Crippen LogP contribution in [0.3, 0.4) is 0 Å². The van der Waals surface area contributed by atoms with E-state index in [0.29, 0.717) is 19.6 Å². The van der Waals surface area contributed by atoms with Crippen molar-refractivity contribution in [1.29, 1.82) is 0 Å². The van der Waals surface area contributed by atoms with E-state index in [1.165, 1.54) is 0 Å². The zero-order valence-corrected chi connectivity index (χ0v) is 15.2. The van der Waals surface area contributed by atoms with Crippen molar-refractivity contribution in [3.63, 3.8) is 0 Å². The fraction of sp³-hybridized carbons (Fsp3) is 0.588. The molecule has 0 saturated carbocycles. The molecule has 136 valence electrons. The van der Waals surface area contributed by atoms with Gasteiger partial charge in [-0.1, -0.05) is 0 Å². The molecule has 1 aliphatic heterocycles. The second-order valence-corrected chi connectivity index (χ2v) is 6.99. The molecule has 1 unspecified atom stereocenters. The van der Waals surface area contributed by atoms with Crippen molar-refractivity contribution in [3.05, 3.63) is 35.9 Å². The Morgan fingerprint density at radius 3 is 2.92 bits per heavy atom. The van der Waals surface area contributed by atoms with Gasteiger partial charge in [0.2, 0.25) is 5.91 Å². The minimum absolute atomic E-state index is 0.0985. The number of likely N-dealkylation sites (N-methyl/N-ethyl adjacent to an activating group) is 1. The third kappa shape index (κ3) is 4.67. The number of fused-ring (bicyclic) bond motifs is 1. The van der Waals surface area contributed by atoms with Gasteiger partial charge in [0.25, 0.3) is 0 Å². The number of amides is 1. The average molecular weight is 345 g/mol. The Hall–Kier alpha value is -2.19. The minimum Gasteiger partial charge on any atom is -0.354 e. The molecule has 1 aliphatic rings. The van der Waals surface area contributed by atoms with Gasteiger partial charge in [-0.15, -0.1) is 0 Å². The SMILES string of the molecule is CN(C)CCNC(=O)C1CN(Cc2cnn(C)c2)Cc2ccnn2C1. The van der Waals surface area contributed by atoms with Crippen molar-refractivity contribution < 1.29 is 4.79 Å². The number of carbonyl (C=O) groups excluding carboxylic acids is 1. The van der Waals surface area contributed by atoms with E-state index < -0.39 is 0 Å². The molecule has 0 aliphatic carbocycles.